The van der Waals surface area contributed by atoms with E-state index in [1.54, 1.807) is 18.3 Å². The lowest BCUT2D eigenvalue weighted by molar-refractivity contribution is 0.196. The highest BCUT2D eigenvalue weighted by Gasteiger charge is 2.24. The van der Waals surface area contributed by atoms with Gasteiger partial charge in [0.15, 0.2) is 0 Å². The van der Waals surface area contributed by atoms with Gasteiger partial charge in [-0.2, -0.15) is 0 Å². The molecule has 0 aliphatic heterocycles. The van der Waals surface area contributed by atoms with Crippen LogP contribution in [0.2, 0.25) is 5.02 Å². The smallest absolute Gasteiger partial charge is 0.315 e. The van der Waals surface area contributed by atoms with Gasteiger partial charge in [0.2, 0.25) is 0 Å². The molecule has 0 radical (unpaired) electrons. The molecule has 1 fully saturated rings. The molecule has 2 amide bonds. The lowest BCUT2D eigenvalue weighted by Gasteiger charge is -2.30. The van der Waals surface area contributed by atoms with Gasteiger partial charge in [0.05, 0.1) is 17.3 Å². The Morgan fingerprint density at radius 3 is 2.77 bits per heavy atom. The van der Waals surface area contributed by atoms with Crippen LogP contribution in [0.4, 0.5) is 4.79 Å². The average molecular weight is 326 g/mol. The molecule has 1 heterocycles. The van der Waals surface area contributed by atoms with Crippen molar-refractivity contribution in [3.63, 3.8) is 0 Å². The summed E-state index contributed by atoms with van der Waals surface area (Å²) in [5, 5.41) is 15.6. The molecule has 1 aliphatic rings. The van der Waals surface area contributed by atoms with E-state index in [1.165, 1.54) is 19.3 Å². The van der Waals surface area contributed by atoms with Crippen LogP contribution >= 0.6 is 11.6 Å². The van der Waals surface area contributed by atoms with Crippen LogP contribution in [0.3, 0.4) is 0 Å². The normalized spacial score (nSPS) is 17.0. The first-order valence-corrected chi connectivity index (χ1v) is 8.32. The van der Waals surface area contributed by atoms with E-state index in [2.05, 4.69) is 15.6 Å². The molecular weight excluding hydrogens is 302 g/mol. The number of aliphatic hydroxyl groups is 1. The van der Waals surface area contributed by atoms with Crippen LogP contribution in [0.25, 0.3) is 0 Å². The van der Waals surface area contributed by atoms with Crippen LogP contribution in [0.1, 0.15) is 44.2 Å². The van der Waals surface area contributed by atoms with Gasteiger partial charge in [-0.25, -0.2) is 4.79 Å². The first-order valence-electron chi connectivity index (χ1n) is 7.94. The number of rotatable bonds is 6. The number of carbonyl (C=O) groups excluding carboxylic acids is 1. The minimum absolute atomic E-state index is 0.0449. The molecule has 1 aromatic heterocycles. The fourth-order valence-corrected chi connectivity index (χ4v) is 3.11. The standard InChI is InChI=1S/C16H24ClN3O2/c17-13-6-7-14(18-10-13)11-19-16(22)20-15(8-9-21)12-4-2-1-3-5-12/h6-7,10,12,15,21H,1-5,8-9,11H2,(H2,19,20,22). The van der Waals surface area contributed by atoms with Gasteiger partial charge >= 0.3 is 6.03 Å². The maximum Gasteiger partial charge on any atom is 0.315 e. The molecule has 0 spiro atoms. The second-order valence-corrected chi connectivity index (χ2v) is 6.25. The van der Waals surface area contributed by atoms with Crippen molar-refractivity contribution in [3.05, 3.63) is 29.0 Å². The maximum atomic E-state index is 12.1. The number of aliphatic hydroxyl groups excluding tert-OH is 1. The third kappa shape index (κ3) is 5.46. The highest BCUT2D eigenvalue weighted by molar-refractivity contribution is 6.30. The second-order valence-electron chi connectivity index (χ2n) is 5.81. The number of aromatic nitrogens is 1. The first kappa shape index (κ1) is 17.0. The second kappa shape index (κ2) is 8.96. The summed E-state index contributed by atoms with van der Waals surface area (Å²) in [6.07, 6.45) is 8.13. The Hall–Kier alpha value is -1.33. The minimum atomic E-state index is -0.208. The Morgan fingerprint density at radius 2 is 2.14 bits per heavy atom. The van der Waals surface area contributed by atoms with Crippen molar-refractivity contribution in [3.8, 4) is 0 Å². The molecule has 122 valence electrons. The summed E-state index contributed by atoms with van der Waals surface area (Å²) in [6.45, 7) is 0.458. The van der Waals surface area contributed by atoms with Gasteiger partial charge < -0.3 is 15.7 Å². The van der Waals surface area contributed by atoms with Crippen LogP contribution in [0.15, 0.2) is 18.3 Å². The zero-order valence-corrected chi connectivity index (χ0v) is 13.5. The van der Waals surface area contributed by atoms with Gasteiger partial charge in [-0.05, 0) is 37.3 Å². The fraction of sp³-hybridized carbons (Fsp3) is 0.625. The maximum absolute atomic E-state index is 12.1. The number of nitrogens with one attached hydrogen (secondary N) is 2. The van der Waals surface area contributed by atoms with Crippen LogP contribution in [-0.4, -0.2) is 28.8 Å². The van der Waals surface area contributed by atoms with Gasteiger partial charge in [0, 0.05) is 18.8 Å². The number of urea groups is 1. The summed E-state index contributed by atoms with van der Waals surface area (Å²) in [5.74, 6) is 0.473. The summed E-state index contributed by atoms with van der Waals surface area (Å²) in [6, 6.07) is 3.37. The largest absolute Gasteiger partial charge is 0.396 e. The Bertz CT molecular complexity index is 461. The molecule has 0 aromatic carbocycles. The van der Waals surface area contributed by atoms with E-state index >= 15 is 0 Å². The summed E-state index contributed by atoms with van der Waals surface area (Å²) >= 11 is 5.78. The number of carbonyl (C=O) groups is 1. The zero-order valence-electron chi connectivity index (χ0n) is 12.7. The molecule has 2 rings (SSSR count). The molecule has 0 bridgehead atoms. The molecule has 5 nitrogen and oxygen atoms in total. The van der Waals surface area contributed by atoms with Crippen molar-refractivity contribution in [2.75, 3.05) is 6.61 Å². The average Bonchev–Trinajstić information content (AvgIpc) is 2.55. The van der Waals surface area contributed by atoms with Gasteiger partial charge in [0.1, 0.15) is 0 Å². The highest BCUT2D eigenvalue weighted by atomic mass is 35.5. The molecule has 1 unspecified atom stereocenters. The molecule has 6 heteroatoms. The monoisotopic (exact) mass is 325 g/mol. The van der Waals surface area contributed by atoms with Crippen LogP contribution < -0.4 is 10.6 Å². The van der Waals surface area contributed by atoms with E-state index < -0.39 is 0 Å². The number of amides is 2. The highest BCUT2D eigenvalue weighted by Crippen LogP contribution is 2.27. The number of hydrogen-bond donors (Lipinski definition) is 3. The third-order valence-electron chi connectivity index (χ3n) is 4.19. The summed E-state index contributed by atoms with van der Waals surface area (Å²) < 4.78 is 0. The van der Waals surface area contributed by atoms with Crippen molar-refractivity contribution < 1.29 is 9.90 Å². The SMILES string of the molecule is O=C(NCc1ccc(Cl)cn1)NC(CCO)C1CCCCC1. The topological polar surface area (TPSA) is 74.2 Å². The Balaban J connectivity index is 1.80. The molecule has 1 aliphatic carbocycles. The van der Waals surface area contributed by atoms with E-state index in [0.29, 0.717) is 23.9 Å². The number of nitrogens with zero attached hydrogens (tertiary/aromatic N) is 1. The minimum Gasteiger partial charge on any atom is -0.396 e. The van der Waals surface area contributed by atoms with Crippen LogP contribution in [0, 0.1) is 5.92 Å². The Kier molecular flexibility index (Phi) is 6.93. The van der Waals surface area contributed by atoms with Crippen LogP contribution in [0.5, 0.6) is 0 Å². The lowest BCUT2D eigenvalue weighted by Crippen LogP contribution is -2.46. The molecule has 0 saturated heterocycles. The first-order chi connectivity index (χ1) is 10.7. The van der Waals surface area contributed by atoms with E-state index in [1.807, 2.05) is 0 Å². The summed E-state index contributed by atoms with van der Waals surface area (Å²) in [4.78, 5) is 16.2. The van der Waals surface area contributed by atoms with Crippen molar-refractivity contribution in [2.24, 2.45) is 5.92 Å². The number of hydrogen-bond acceptors (Lipinski definition) is 3. The molecule has 22 heavy (non-hydrogen) atoms. The molecule has 1 atom stereocenters. The summed E-state index contributed by atoms with van der Waals surface area (Å²) in [5.41, 5.74) is 0.760. The van der Waals surface area contributed by atoms with Crippen molar-refractivity contribution in [1.29, 1.82) is 0 Å². The van der Waals surface area contributed by atoms with Gasteiger partial charge in [-0.1, -0.05) is 30.9 Å². The Morgan fingerprint density at radius 1 is 1.36 bits per heavy atom. The van der Waals surface area contributed by atoms with E-state index in [-0.39, 0.29) is 18.7 Å². The van der Waals surface area contributed by atoms with Crippen molar-refractivity contribution in [1.82, 2.24) is 15.6 Å². The van der Waals surface area contributed by atoms with Gasteiger partial charge in [-0.15, -0.1) is 0 Å². The molecule has 3 N–H and O–H groups in total. The summed E-state index contributed by atoms with van der Waals surface area (Å²) in [7, 11) is 0. The van der Waals surface area contributed by atoms with Crippen molar-refractivity contribution in [2.45, 2.75) is 51.1 Å². The molecular formula is C16H24ClN3O2. The quantitative estimate of drug-likeness (QED) is 0.753. The molecule has 1 saturated carbocycles. The number of halogens is 1. The van der Waals surface area contributed by atoms with E-state index in [9.17, 15) is 9.90 Å². The zero-order chi connectivity index (χ0) is 15.8. The predicted octanol–water partition coefficient (Wildman–Crippen LogP) is 2.87. The predicted molar refractivity (Wildman–Crippen MR) is 86.7 cm³/mol. The lowest BCUT2D eigenvalue weighted by atomic mass is 9.83. The van der Waals surface area contributed by atoms with E-state index in [0.717, 1.165) is 18.5 Å². The Labute approximate surface area is 136 Å². The van der Waals surface area contributed by atoms with Crippen molar-refractivity contribution >= 4 is 17.6 Å². The van der Waals surface area contributed by atoms with Crippen LogP contribution in [-0.2, 0) is 6.54 Å². The van der Waals surface area contributed by atoms with E-state index in [4.69, 9.17) is 11.6 Å². The fourth-order valence-electron chi connectivity index (χ4n) is 3.00. The third-order valence-corrected chi connectivity index (χ3v) is 4.42. The number of pyridine rings is 1. The van der Waals surface area contributed by atoms with Gasteiger partial charge in [-0.3, -0.25) is 4.98 Å². The van der Waals surface area contributed by atoms with Gasteiger partial charge in [0.25, 0.3) is 0 Å². The molecule has 1 aromatic rings.